The molecule has 3 unspecified atom stereocenters. The van der Waals surface area contributed by atoms with Crippen molar-refractivity contribution in [3.05, 3.63) is 30.1 Å². The normalized spacial score (nSPS) is 30.1. The monoisotopic (exact) mass is 288 g/mol. The summed E-state index contributed by atoms with van der Waals surface area (Å²) in [5.74, 6) is 0.324. The second-order valence-corrected chi connectivity index (χ2v) is 6.32. The van der Waals surface area contributed by atoms with Crippen LogP contribution >= 0.6 is 0 Å². The van der Waals surface area contributed by atoms with Gasteiger partial charge in [0.05, 0.1) is 11.7 Å². The molecule has 0 bridgehead atoms. The summed E-state index contributed by atoms with van der Waals surface area (Å²) in [4.78, 5) is 18.8. The van der Waals surface area contributed by atoms with Crippen molar-refractivity contribution in [1.82, 2.24) is 9.88 Å². The fourth-order valence-electron chi connectivity index (χ4n) is 3.90. The summed E-state index contributed by atoms with van der Waals surface area (Å²) in [6.07, 6.45) is 10.5. The summed E-state index contributed by atoms with van der Waals surface area (Å²) >= 11 is 0. The minimum absolute atomic E-state index is 0.0746. The maximum Gasteiger partial charge on any atom is 0.255 e. The number of piperidine rings is 1. The molecule has 3 rings (SSSR count). The Labute approximate surface area is 126 Å². The van der Waals surface area contributed by atoms with E-state index in [-0.39, 0.29) is 24.0 Å². The molecule has 0 spiro atoms. The second-order valence-electron chi connectivity index (χ2n) is 6.32. The summed E-state index contributed by atoms with van der Waals surface area (Å²) in [5.41, 5.74) is 0.662. The minimum atomic E-state index is -0.244. The van der Waals surface area contributed by atoms with Crippen molar-refractivity contribution in [3.8, 4) is 0 Å². The zero-order chi connectivity index (χ0) is 14.7. The summed E-state index contributed by atoms with van der Waals surface area (Å²) in [6.45, 7) is 0.807. The van der Waals surface area contributed by atoms with Crippen molar-refractivity contribution in [1.29, 1.82) is 0 Å². The number of hydrogen-bond acceptors (Lipinski definition) is 3. The number of nitrogens with zero attached hydrogens (tertiary/aromatic N) is 2. The number of aromatic nitrogens is 1. The zero-order valence-corrected chi connectivity index (χ0v) is 12.4. The van der Waals surface area contributed by atoms with Crippen LogP contribution in [0.5, 0.6) is 0 Å². The number of hydrogen-bond donors (Lipinski definition) is 1. The van der Waals surface area contributed by atoms with Crippen LogP contribution in [-0.2, 0) is 0 Å². The average Bonchev–Trinajstić information content (AvgIpc) is 2.55. The SMILES string of the molecule is O=C(c1cccnc1)N1CCCCC1C1CCCCC1O. The van der Waals surface area contributed by atoms with Crippen LogP contribution in [0.2, 0.25) is 0 Å². The standard InChI is InChI=1S/C17H24N2O2/c20-16-9-2-1-7-14(16)15-8-3-4-11-19(15)17(21)13-6-5-10-18-12-13/h5-6,10,12,14-16,20H,1-4,7-9,11H2. The molecule has 1 saturated carbocycles. The van der Waals surface area contributed by atoms with E-state index in [1.807, 2.05) is 17.0 Å². The van der Waals surface area contributed by atoms with Crippen LogP contribution in [0, 0.1) is 5.92 Å². The fraction of sp³-hybridized carbons (Fsp3) is 0.647. The van der Waals surface area contributed by atoms with E-state index in [1.54, 1.807) is 12.4 Å². The van der Waals surface area contributed by atoms with Gasteiger partial charge in [0, 0.05) is 30.9 Å². The molecule has 21 heavy (non-hydrogen) atoms. The summed E-state index contributed by atoms with van der Waals surface area (Å²) < 4.78 is 0. The first-order valence-corrected chi connectivity index (χ1v) is 8.16. The maximum atomic E-state index is 12.8. The van der Waals surface area contributed by atoms with Gasteiger partial charge in [0.2, 0.25) is 0 Å². The van der Waals surface area contributed by atoms with E-state index in [4.69, 9.17) is 0 Å². The van der Waals surface area contributed by atoms with E-state index in [9.17, 15) is 9.90 Å². The molecule has 1 aliphatic heterocycles. The number of carbonyl (C=O) groups excluding carboxylic acids is 1. The van der Waals surface area contributed by atoms with Gasteiger partial charge in [-0.05, 0) is 44.2 Å². The highest BCUT2D eigenvalue weighted by atomic mass is 16.3. The van der Waals surface area contributed by atoms with Gasteiger partial charge in [-0.25, -0.2) is 0 Å². The Hall–Kier alpha value is -1.42. The Kier molecular flexibility index (Phi) is 4.54. The van der Waals surface area contributed by atoms with E-state index in [0.29, 0.717) is 5.56 Å². The quantitative estimate of drug-likeness (QED) is 0.910. The molecule has 0 radical (unpaired) electrons. The molecule has 2 fully saturated rings. The summed E-state index contributed by atoms with van der Waals surface area (Å²) in [6, 6.07) is 3.83. The lowest BCUT2D eigenvalue weighted by molar-refractivity contribution is -0.00129. The first kappa shape index (κ1) is 14.5. The number of aliphatic hydroxyl groups excluding tert-OH is 1. The highest BCUT2D eigenvalue weighted by Crippen LogP contribution is 2.34. The van der Waals surface area contributed by atoms with Gasteiger partial charge in [-0.15, -0.1) is 0 Å². The van der Waals surface area contributed by atoms with Gasteiger partial charge in [0.15, 0.2) is 0 Å². The first-order valence-electron chi connectivity index (χ1n) is 8.16. The molecule has 1 aliphatic carbocycles. The largest absolute Gasteiger partial charge is 0.393 e. The molecule has 0 aromatic carbocycles. The molecule has 1 N–H and O–H groups in total. The molecule has 4 heteroatoms. The Morgan fingerprint density at radius 1 is 1.19 bits per heavy atom. The highest BCUT2D eigenvalue weighted by Gasteiger charge is 2.37. The van der Waals surface area contributed by atoms with Crippen molar-refractivity contribution in [2.75, 3.05) is 6.54 Å². The van der Waals surface area contributed by atoms with Gasteiger partial charge in [0.25, 0.3) is 5.91 Å². The lowest BCUT2D eigenvalue weighted by atomic mass is 9.78. The molecule has 3 atom stereocenters. The van der Waals surface area contributed by atoms with Crippen LogP contribution in [0.1, 0.15) is 55.3 Å². The minimum Gasteiger partial charge on any atom is -0.393 e. The van der Waals surface area contributed by atoms with Crippen LogP contribution < -0.4 is 0 Å². The molecule has 1 amide bonds. The molecule has 2 aliphatic rings. The summed E-state index contributed by atoms with van der Waals surface area (Å²) in [5, 5.41) is 10.3. The van der Waals surface area contributed by atoms with Crippen LogP contribution in [0.15, 0.2) is 24.5 Å². The number of likely N-dealkylation sites (tertiary alicyclic amines) is 1. The molecule has 2 heterocycles. The molecule has 114 valence electrons. The van der Waals surface area contributed by atoms with Gasteiger partial charge in [-0.3, -0.25) is 9.78 Å². The highest BCUT2D eigenvalue weighted by molar-refractivity contribution is 5.94. The van der Waals surface area contributed by atoms with E-state index in [2.05, 4.69) is 4.98 Å². The predicted octanol–water partition coefficient (Wildman–Crippen LogP) is 2.63. The van der Waals surface area contributed by atoms with Crippen molar-refractivity contribution >= 4 is 5.91 Å². The molecule has 1 saturated heterocycles. The number of amides is 1. The molecule has 1 aromatic heterocycles. The molecule has 4 nitrogen and oxygen atoms in total. The van der Waals surface area contributed by atoms with E-state index >= 15 is 0 Å². The third-order valence-electron chi connectivity index (χ3n) is 4.99. The topological polar surface area (TPSA) is 53.4 Å². The Morgan fingerprint density at radius 3 is 2.76 bits per heavy atom. The molecular formula is C17H24N2O2. The number of carbonyl (C=O) groups is 1. The fourth-order valence-corrected chi connectivity index (χ4v) is 3.90. The Balaban J connectivity index is 1.79. The van der Waals surface area contributed by atoms with Crippen LogP contribution in [0.4, 0.5) is 0 Å². The van der Waals surface area contributed by atoms with Gasteiger partial charge < -0.3 is 10.0 Å². The average molecular weight is 288 g/mol. The molecular weight excluding hydrogens is 264 g/mol. The summed E-state index contributed by atoms with van der Waals surface area (Å²) in [7, 11) is 0. The van der Waals surface area contributed by atoms with Crippen LogP contribution in [-0.4, -0.2) is 39.6 Å². The Bertz CT molecular complexity index is 477. The number of rotatable bonds is 2. The Morgan fingerprint density at radius 2 is 2.00 bits per heavy atom. The van der Waals surface area contributed by atoms with Crippen molar-refractivity contribution < 1.29 is 9.90 Å². The van der Waals surface area contributed by atoms with Gasteiger partial charge in [-0.2, -0.15) is 0 Å². The van der Waals surface area contributed by atoms with Gasteiger partial charge in [-0.1, -0.05) is 12.8 Å². The maximum absolute atomic E-state index is 12.8. The van der Waals surface area contributed by atoms with E-state index in [1.165, 1.54) is 6.42 Å². The third kappa shape index (κ3) is 3.10. The lowest BCUT2D eigenvalue weighted by Gasteiger charge is -2.43. The van der Waals surface area contributed by atoms with Gasteiger partial charge >= 0.3 is 0 Å². The van der Waals surface area contributed by atoms with Crippen molar-refractivity contribution in [2.45, 2.75) is 57.1 Å². The van der Waals surface area contributed by atoms with E-state index < -0.39 is 0 Å². The first-order chi connectivity index (χ1) is 10.3. The molecule has 1 aromatic rings. The van der Waals surface area contributed by atoms with Crippen LogP contribution in [0.3, 0.4) is 0 Å². The van der Waals surface area contributed by atoms with Crippen molar-refractivity contribution in [3.63, 3.8) is 0 Å². The predicted molar refractivity (Wildman–Crippen MR) is 80.9 cm³/mol. The lowest BCUT2D eigenvalue weighted by Crippen LogP contribution is -2.51. The van der Waals surface area contributed by atoms with Gasteiger partial charge in [0.1, 0.15) is 0 Å². The van der Waals surface area contributed by atoms with Crippen LogP contribution in [0.25, 0.3) is 0 Å². The number of pyridine rings is 1. The third-order valence-corrected chi connectivity index (χ3v) is 4.99. The number of aliphatic hydroxyl groups is 1. The van der Waals surface area contributed by atoms with E-state index in [0.717, 1.165) is 45.1 Å². The zero-order valence-electron chi connectivity index (χ0n) is 12.4. The second kappa shape index (κ2) is 6.56. The van der Waals surface area contributed by atoms with Crippen molar-refractivity contribution in [2.24, 2.45) is 5.92 Å². The smallest absolute Gasteiger partial charge is 0.255 e.